The molecular weight excluding hydrogens is 549 g/mol. The third-order valence-corrected chi connectivity index (χ3v) is 7.87. The summed E-state index contributed by atoms with van der Waals surface area (Å²) in [4.78, 5) is 30.3. The molecule has 0 amide bonds. The lowest BCUT2D eigenvalue weighted by atomic mass is 10.1. The highest BCUT2D eigenvalue weighted by Crippen LogP contribution is 2.28. The highest BCUT2D eigenvalue weighted by atomic mass is 32.1. The van der Waals surface area contributed by atoms with E-state index in [-0.39, 0.29) is 17.0 Å². The number of fused-ring (bicyclic) bond motifs is 1. The molecule has 208 valence electrons. The van der Waals surface area contributed by atoms with Crippen LogP contribution >= 0.6 is 11.3 Å². The summed E-state index contributed by atoms with van der Waals surface area (Å²) < 4.78 is 27.4. The van der Waals surface area contributed by atoms with Crippen LogP contribution in [-0.2, 0) is 19.7 Å². The monoisotopic (exact) mass is 573 g/mol. The Bertz CT molecular complexity index is 1740. The first-order chi connectivity index (χ1) is 20.0. The molecule has 0 aliphatic carbocycles. The van der Waals surface area contributed by atoms with Crippen molar-refractivity contribution in [2.75, 3.05) is 31.1 Å². The molecule has 0 radical (unpaired) electrons. The Balaban J connectivity index is 1.10. The maximum atomic E-state index is 14.2. The molecule has 41 heavy (non-hydrogen) atoms. The average molecular weight is 574 g/mol. The van der Waals surface area contributed by atoms with E-state index >= 15 is 0 Å². The van der Waals surface area contributed by atoms with Crippen LogP contribution in [0.15, 0.2) is 59.5 Å². The maximum absolute atomic E-state index is 14.2. The van der Waals surface area contributed by atoms with Gasteiger partial charge in [-0.15, -0.1) is 11.3 Å². The number of nitrogens with zero attached hydrogens (tertiary/aromatic N) is 7. The van der Waals surface area contributed by atoms with E-state index in [0.717, 1.165) is 54.7 Å². The summed E-state index contributed by atoms with van der Waals surface area (Å²) in [6.45, 7) is 4.03. The first-order valence-corrected chi connectivity index (χ1v) is 13.6. The summed E-state index contributed by atoms with van der Waals surface area (Å²) in [6.07, 6.45) is 3.02. The van der Waals surface area contributed by atoms with Crippen molar-refractivity contribution in [1.29, 1.82) is 5.26 Å². The van der Waals surface area contributed by atoms with Crippen molar-refractivity contribution in [2.24, 2.45) is 0 Å². The number of aromatic nitrogens is 4. The summed E-state index contributed by atoms with van der Waals surface area (Å²) in [5.41, 5.74) is 1.38. The van der Waals surface area contributed by atoms with Gasteiger partial charge in [-0.3, -0.25) is 4.90 Å². The third-order valence-electron chi connectivity index (χ3n) is 6.86. The number of benzene rings is 1. The molecule has 5 aromatic rings. The number of oxazole rings is 1. The molecule has 0 atom stereocenters. The number of hydrogen-bond donors (Lipinski definition) is 1. The SMILES string of the molecule is N#Cc1ccc(COc2cccc(N3CCN(Cc4nc5sc(C(=O)O)cc5n4Cc4cnco4)CC3)n2)c(F)c1. The minimum Gasteiger partial charge on any atom is -0.477 e. The standard InChI is InChI=1S/C28H24FN7O4S/c29-21-10-18(12-30)4-5-19(21)16-39-26-3-1-2-24(32-26)35-8-6-34(7-9-35)15-25-33-27-22(11-23(41-27)28(37)38)36(25)14-20-13-31-17-40-20/h1-5,10-11,13,17H,6-9,14-16H2,(H,37,38). The molecule has 1 aliphatic heterocycles. The second kappa shape index (κ2) is 11.4. The van der Waals surface area contributed by atoms with Crippen LogP contribution in [0.4, 0.5) is 10.2 Å². The number of pyridine rings is 1. The zero-order valence-corrected chi connectivity index (χ0v) is 22.6. The van der Waals surface area contributed by atoms with Gasteiger partial charge >= 0.3 is 5.97 Å². The van der Waals surface area contributed by atoms with E-state index in [9.17, 15) is 14.3 Å². The molecule has 0 saturated carbocycles. The molecular formula is C28H24FN7O4S. The van der Waals surface area contributed by atoms with Crippen molar-refractivity contribution in [3.63, 3.8) is 0 Å². The Hall–Kier alpha value is -4.80. The van der Waals surface area contributed by atoms with E-state index in [2.05, 4.69) is 19.8 Å². The molecule has 0 bridgehead atoms. The molecule has 0 unspecified atom stereocenters. The van der Waals surface area contributed by atoms with Gasteiger partial charge < -0.3 is 23.7 Å². The predicted octanol–water partition coefficient (Wildman–Crippen LogP) is 4.14. The molecule has 1 aromatic carbocycles. The molecule has 1 N–H and O–H groups in total. The van der Waals surface area contributed by atoms with Gasteiger partial charge in [0.1, 0.15) is 39.5 Å². The molecule has 6 rings (SSSR count). The highest BCUT2D eigenvalue weighted by molar-refractivity contribution is 7.20. The fourth-order valence-corrected chi connectivity index (χ4v) is 5.61. The molecule has 13 heteroatoms. The Labute approximate surface area is 237 Å². The average Bonchev–Trinajstić information content (AvgIpc) is 3.72. The quantitative estimate of drug-likeness (QED) is 0.274. The lowest BCUT2D eigenvalue weighted by molar-refractivity contribution is 0.0702. The second-order valence-corrected chi connectivity index (χ2v) is 10.5. The topological polar surface area (TPSA) is 134 Å². The number of aromatic carboxylic acids is 1. The number of piperazine rings is 1. The van der Waals surface area contributed by atoms with Gasteiger partial charge in [0.2, 0.25) is 5.88 Å². The van der Waals surface area contributed by atoms with Gasteiger partial charge in [0, 0.05) is 37.8 Å². The fourth-order valence-electron chi connectivity index (χ4n) is 4.72. The van der Waals surface area contributed by atoms with Crippen molar-refractivity contribution >= 4 is 33.5 Å². The van der Waals surface area contributed by atoms with Gasteiger partial charge in [0.25, 0.3) is 0 Å². The normalized spacial score (nSPS) is 13.9. The van der Waals surface area contributed by atoms with Gasteiger partial charge in [0.05, 0.1) is 36.4 Å². The minimum absolute atomic E-state index is 0.00783. The number of rotatable bonds is 9. The van der Waals surface area contributed by atoms with Crippen LogP contribution in [0, 0.1) is 17.1 Å². The van der Waals surface area contributed by atoms with Crippen LogP contribution in [0.5, 0.6) is 5.88 Å². The fraction of sp³-hybridized carbons (Fsp3) is 0.250. The third kappa shape index (κ3) is 5.74. The van der Waals surface area contributed by atoms with Crippen LogP contribution in [0.3, 0.4) is 0 Å². The first kappa shape index (κ1) is 26.4. The van der Waals surface area contributed by atoms with Crippen LogP contribution in [-0.4, -0.2) is 61.7 Å². The van der Waals surface area contributed by atoms with Crippen molar-refractivity contribution in [3.8, 4) is 11.9 Å². The van der Waals surface area contributed by atoms with Crippen LogP contribution in [0.2, 0.25) is 0 Å². The molecule has 1 saturated heterocycles. The number of ether oxygens (including phenoxy) is 1. The van der Waals surface area contributed by atoms with Crippen molar-refractivity contribution in [1.82, 2.24) is 24.4 Å². The van der Waals surface area contributed by atoms with Gasteiger partial charge in [-0.25, -0.2) is 19.2 Å². The molecule has 1 fully saturated rings. The van der Waals surface area contributed by atoms with E-state index in [1.807, 2.05) is 22.8 Å². The largest absolute Gasteiger partial charge is 0.477 e. The van der Waals surface area contributed by atoms with E-state index < -0.39 is 11.8 Å². The van der Waals surface area contributed by atoms with Crippen LogP contribution in [0.25, 0.3) is 10.3 Å². The molecule has 4 aromatic heterocycles. The van der Waals surface area contributed by atoms with Crippen LogP contribution < -0.4 is 9.64 Å². The smallest absolute Gasteiger partial charge is 0.346 e. The van der Waals surface area contributed by atoms with E-state index in [0.29, 0.717) is 35.1 Å². The van der Waals surface area contributed by atoms with Gasteiger partial charge in [-0.05, 0) is 24.3 Å². The highest BCUT2D eigenvalue weighted by Gasteiger charge is 2.23. The summed E-state index contributed by atoms with van der Waals surface area (Å²) in [5.74, 6) is 1.20. The Kier molecular flexibility index (Phi) is 7.32. The zero-order chi connectivity index (χ0) is 28.3. The number of thiophene rings is 1. The van der Waals surface area contributed by atoms with Gasteiger partial charge in [0.15, 0.2) is 6.39 Å². The maximum Gasteiger partial charge on any atom is 0.346 e. The summed E-state index contributed by atoms with van der Waals surface area (Å²) in [5, 5.41) is 18.3. The number of nitriles is 1. The number of anilines is 1. The van der Waals surface area contributed by atoms with Gasteiger partial charge in [-0.2, -0.15) is 10.2 Å². The predicted molar refractivity (Wildman–Crippen MR) is 147 cm³/mol. The number of carboxylic acids is 1. The molecule has 5 heterocycles. The van der Waals surface area contributed by atoms with Crippen molar-refractivity contribution in [2.45, 2.75) is 19.7 Å². The van der Waals surface area contributed by atoms with E-state index in [1.165, 1.54) is 12.5 Å². The van der Waals surface area contributed by atoms with E-state index in [4.69, 9.17) is 19.4 Å². The molecule has 11 nitrogen and oxygen atoms in total. The molecule has 0 spiro atoms. The number of imidazole rings is 1. The Morgan fingerprint density at radius 3 is 2.73 bits per heavy atom. The van der Waals surface area contributed by atoms with Gasteiger partial charge in [-0.1, -0.05) is 12.1 Å². The number of carbonyl (C=O) groups is 1. The summed E-state index contributed by atoms with van der Waals surface area (Å²) in [6, 6.07) is 13.4. The number of hydrogen-bond acceptors (Lipinski definition) is 10. The summed E-state index contributed by atoms with van der Waals surface area (Å²) in [7, 11) is 0. The minimum atomic E-state index is -0.971. The first-order valence-electron chi connectivity index (χ1n) is 12.8. The zero-order valence-electron chi connectivity index (χ0n) is 21.7. The number of halogens is 1. The van der Waals surface area contributed by atoms with Crippen molar-refractivity contribution in [3.05, 3.63) is 88.5 Å². The Morgan fingerprint density at radius 2 is 2.00 bits per heavy atom. The second-order valence-electron chi connectivity index (χ2n) is 9.49. The molecule has 1 aliphatic rings. The Morgan fingerprint density at radius 1 is 1.15 bits per heavy atom. The lowest BCUT2D eigenvalue weighted by Crippen LogP contribution is -2.46. The van der Waals surface area contributed by atoms with Crippen LogP contribution in [0.1, 0.15) is 32.4 Å². The van der Waals surface area contributed by atoms with E-state index in [1.54, 1.807) is 30.5 Å². The number of carboxylic acid groups (broad SMARTS) is 1. The summed E-state index contributed by atoms with van der Waals surface area (Å²) >= 11 is 1.16. The van der Waals surface area contributed by atoms with Crippen molar-refractivity contribution < 1.29 is 23.4 Å². The lowest BCUT2D eigenvalue weighted by Gasteiger charge is -2.35.